The van der Waals surface area contributed by atoms with E-state index in [0.29, 0.717) is 0 Å². The SMILES string of the molecule is Cc1nc2sccn2c1CNCC1CCCCS1. The van der Waals surface area contributed by atoms with Gasteiger partial charge in [-0.2, -0.15) is 11.8 Å². The second-order valence-corrected chi connectivity index (χ2v) is 7.10. The van der Waals surface area contributed by atoms with Gasteiger partial charge in [-0.1, -0.05) is 6.42 Å². The van der Waals surface area contributed by atoms with Crippen molar-refractivity contribution in [3.63, 3.8) is 0 Å². The maximum atomic E-state index is 4.57. The summed E-state index contributed by atoms with van der Waals surface area (Å²) in [4.78, 5) is 5.68. The van der Waals surface area contributed by atoms with Crippen molar-refractivity contribution in [1.82, 2.24) is 14.7 Å². The summed E-state index contributed by atoms with van der Waals surface area (Å²) in [5, 5.41) is 6.51. The normalized spacial score (nSPS) is 20.6. The molecule has 0 aliphatic carbocycles. The zero-order valence-corrected chi connectivity index (χ0v) is 12.3. The van der Waals surface area contributed by atoms with E-state index in [0.717, 1.165) is 29.0 Å². The van der Waals surface area contributed by atoms with Gasteiger partial charge < -0.3 is 5.32 Å². The van der Waals surface area contributed by atoms with Gasteiger partial charge in [-0.05, 0) is 25.5 Å². The molecule has 2 aromatic heterocycles. The van der Waals surface area contributed by atoms with Crippen LogP contribution in [-0.4, -0.2) is 26.9 Å². The summed E-state index contributed by atoms with van der Waals surface area (Å²) in [5.41, 5.74) is 2.47. The molecule has 3 rings (SSSR count). The number of fused-ring (bicyclic) bond motifs is 1. The van der Waals surface area contributed by atoms with Crippen LogP contribution in [-0.2, 0) is 6.54 Å². The van der Waals surface area contributed by atoms with Gasteiger partial charge in [0.15, 0.2) is 4.96 Å². The molecule has 3 heterocycles. The van der Waals surface area contributed by atoms with Gasteiger partial charge in [-0.15, -0.1) is 11.3 Å². The highest BCUT2D eigenvalue weighted by Crippen LogP contribution is 2.24. The van der Waals surface area contributed by atoms with Gasteiger partial charge >= 0.3 is 0 Å². The van der Waals surface area contributed by atoms with Crippen molar-refractivity contribution in [2.45, 2.75) is 38.0 Å². The second-order valence-electron chi connectivity index (χ2n) is 4.82. The molecule has 0 amide bonds. The van der Waals surface area contributed by atoms with E-state index in [4.69, 9.17) is 0 Å². The van der Waals surface area contributed by atoms with E-state index < -0.39 is 0 Å². The Morgan fingerprint density at radius 2 is 2.44 bits per heavy atom. The summed E-state index contributed by atoms with van der Waals surface area (Å²) >= 11 is 3.83. The fourth-order valence-corrected chi connectivity index (χ4v) is 4.53. The van der Waals surface area contributed by atoms with Gasteiger partial charge in [0.1, 0.15) is 0 Å². The third-order valence-corrected chi connectivity index (χ3v) is 5.65. The number of rotatable bonds is 4. The Kier molecular flexibility index (Phi) is 3.91. The molecule has 0 spiro atoms. The van der Waals surface area contributed by atoms with Crippen LogP contribution in [0.2, 0.25) is 0 Å². The molecule has 1 unspecified atom stereocenters. The summed E-state index contributed by atoms with van der Waals surface area (Å²) in [7, 11) is 0. The van der Waals surface area contributed by atoms with Crippen LogP contribution in [0, 0.1) is 6.92 Å². The zero-order chi connectivity index (χ0) is 12.4. The van der Waals surface area contributed by atoms with Crippen LogP contribution < -0.4 is 5.32 Å². The van der Waals surface area contributed by atoms with Gasteiger partial charge in [0.2, 0.25) is 0 Å². The molecular weight excluding hydrogens is 262 g/mol. The van der Waals surface area contributed by atoms with Crippen molar-refractivity contribution >= 4 is 28.1 Å². The Hall–Kier alpha value is -0.520. The topological polar surface area (TPSA) is 29.3 Å². The molecule has 1 N–H and O–H groups in total. The molecule has 0 aromatic carbocycles. The zero-order valence-electron chi connectivity index (χ0n) is 10.7. The van der Waals surface area contributed by atoms with Crippen molar-refractivity contribution < 1.29 is 0 Å². The molecule has 1 fully saturated rings. The lowest BCUT2D eigenvalue weighted by Gasteiger charge is -2.21. The van der Waals surface area contributed by atoms with Crippen molar-refractivity contribution in [2.75, 3.05) is 12.3 Å². The van der Waals surface area contributed by atoms with E-state index in [-0.39, 0.29) is 0 Å². The molecule has 98 valence electrons. The highest BCUT2D eigenvalue weighted by molar-refractivity contribution is 7.99. The van der Waals surface area contributed by atoms with Crippen LogP contribution in [0.25, 0.3) is 4.96 Å². The summed E-state index contributed by atoms with van der Waals surface area (Å²) in [6.45, 7) is 4.16. The van der Waals surface area contributed by atoms with E-state index in [1.165, 1.54) is 30.7 Å². The standard InChI is InChI=1S/C13H19N3S2/c1-10-12(16-5-7-18-13(16)15-10)9-14-8-11-4-2-3-6-17-11/h5,7,11,14H,2-4,6,8-9H2,1H3. The summed E-state index contributed by atoms with van der Waals surface area (Å²) < 4.78 is 2.21. The molecule has 1 saturated heterocycles. The first-order valence-electron chi connectivity index (χ1n) is 6.58. The van der Waals surface area contributed by atoms with Gasteiger partial charge in [0, 0.05) is 29.9 Å². The van der Waals surface area contributed by atoms with Crippen LogP contribution >= 0.6 is 23.1 Å². The molecule has 0 radical (unpaired) electrons. The van der Waals surface area contributed by atoms with Crippen molar-refractivity contribution in [1.29, 1.82) is 0 Å². The Morgan fingerprint density at radius 1 is 1.50 bits per heavy atom. The summed E-state index contributed by atoms with van der Waals surface area (Å²) in [6.07, 6.45) is 6.29. The molecule has 5 heteroatoms. The molecule has 1 aliphatic rings. The summed E-state index contributed by atoms with van der Waals surface area (Å²) in [5.74, 6) is 1.34. The number of hydrogen-bond acceptors (Lipinski definition) is 4. The molecule has 2 aromatic rings. The highest BCUT2D eigenvalue weighted by Gasteiger charge is 2.14. The van der Waals surface area contributed by atoms with E-state index in [1.54, 1.807) is 11.3 Å². The van der Waals surface area contributed by atoms with Crippen LogP contribution in [0.3, 0.4) is 0 Å². The number of hydrogen-bond donors (Lipinski definition) is 1. The number of nitrogens with zero attached hydrogens (tertiary/aromatic N) is 2. The largest absolute Gasteiger partial charge is 0.310 e. The molecular formula is C13H19N3S2. The first-order valence-corrected chi connectivity index (χ1v) is 8.51. The quantitative estimate of drug-likeness (QED) is 0.934. The fourth-order valence-electron chi connectivity index (χ4n) is 2.47. The Labute approximate surface area is 116 Å². The maximum absolute atomic E-state index is 4.57. The lowest BCUT2D eigenvalue weighted by molar-refractivity contribution is 0.591. The molecule has 1 aliphatic heterocycles. The van der Waals surface area contributed by atoms with Crippen molar-refractivity contribution in [2.24, 2.45) is 0 Å². The first-order chi connectivity index (χ1) is 8.84. The van der Waals surface area contributed by atoms with Crippen molar-refractivity contribution in [3.8, 4) is 0 Å². The molecule has 1 atom stereocenters. The number of thiazole rings is 1. The first kappa shape index (κ1) is 12.5. The van der Waals surface area contributed by atoms with E-state index in [1.807, 2.05) is 0 Å². The maximum Gasteiger partial charge on any atom is 0.194 e. The van der Waals surface area contributed by atoms with Gasteiger partial charge in [0.05, 0.1) is 11.4 Å². The predicted molar refractivity (Wildman–Crippen MR) is 79.6 cm³/mol. The van der Waals surface area contributed by atoms with Crippen molar-refractivity contribution in [3.05, 3.63) is 23.0 Å². The third kappa shape index (κ3) is 2.58. The second kappa shape index (κ2) is 5.63. The molecule has 0 saturated carbocycles. The van der Waals surface area contributed by atoms with E-state index in [9.17, 15) is 0 Å². The average Bonchev–Trinajstić information content (AvgIpc) is 2.93. The summed E-state index contributed by atoms with van der Waals surface area (Å²) in [6, 6.07) is 0. The number of imidazole rings is 1. The van der Waals surface area contributed by atoms with Crippen LogP contribution in [0.1, 0.15) is 30.7 Å². The average molecular weight is 281 g/mol. The minimum atomic E-state index is 0.810. The minimum absolute atomic E-state index is 0.810. The monoisotopic (exact) mass is 281 g/mol. The minimum Gasteiger partial charge on any atom is -0.310 e. The van der Waals surface area contributed by atoms with Crippen LogP contribution in [0.4, 0.5) is 0 Å². The van der Waals surface area contributed by atoms with E-state index in [2.05, 4.69) is 45.0 Å². The lowest BCUT2D eigenvalue weighted by Crippen LogP contribution is -2.27. The predicted octanol–water partition coefficient (Wildman–Crippen LogP) is 3.08. The third-order valence-electron chi connectivity index (χ3n) is 3.50. The van der Waals surface area contributed by atoms with Gasteiger partial charge in [-0.3, -0.25) is 4.40 Å². The molecule has 0 bridgehead atoms. The van der Waals surface area contributed by atoms with E-state index >= 15 is 0 Å². The Bertz CT molecular complexity index is 511. The smallest absolute Gasteiger partial charge is 0.194 e. The number of aromatic nitrogens is 2. The Morgan fingerprint density at radius 3 is 3.28 bits per heavy atom. The molecule has 3 nitrogen and oxygen atoms in total. The number of nitrogens with one attached hydrogen (secondary N) is 1. The Balaban J connectivity index is 1.59. The van der Waals surface area contributed by atoms with Gasteiger partial charge in [-0.25, -0.2) is 4.98 Å². The van der Waals surface area contributed by atoms with Crippen LogP contribution in [0.15, 0.2) is 11.6 Å². The van der Waals surface area contributed by atoms with Gasteiger partial charge in [0.25, 0.3) is 0 Å². The highest BCUT2D eigenvalue weighted by atomic mass is 32.2. The number of thioether (sulfide) groups is 1. The molecule has 18 heavy (non-hydrogen) atoms. The fraction of sp³-hybridized carbons (Fsp3) is 0.615. The van der Waals surface area contributed by atoms with Crippen LogP contribution in [0.5, 0.6) is 0 Å². The number of aryl methyl sites for hydroxylation is 1. The lowest BCUT2D eigenvalue weighted by atomic mass is 10.2.